The third kappa shape index (κ3) is 3.67. The quantitative estimate of drug-likeness (QED) is 0.474. The predicted molar refractivity (Wildman–Crippen MR) is 76.8 cm³/mol. The number of nitro groups is 1. The number of rotatable bonds is 6. The van der Waals surface area contributed by atoms with E-state index in [0.29, 0.717) is 6.42 Å². The fourth-order valence-electron chi connectivity index (χ4n) is 2.05. The van der Waals surface area contributed by atoms with Gasteiger partial charge in [-0.1, -0.05) is 19.4 Å². The first kappa shape index (κ1) is 16.4. The van der Waals surface area contributed by atoms with Crippen LogP contribution in [-0.4, -0.2) is 18.9 Å². The van der Waals surface area contributed by atoms with Crippen LogP contribution in [-0.2, 0) is 10.0 Å². The molecule has 0 saturated heterocycles. The second kappa shape index (κ2) is 5.76. The summed E-state index contributed by atoms with van der Waals surface area (Å²) in [4.78, 5) is 9.82. The molecule has 0 aliphatic rings. The number of hydrogen-bond donors (Lipinski definition) is 2. The lowest BCUT2D eigenvalue weighted by atomic mass is 10.0. The zero-order valence-corrected chi connectivity index (χ0v) is 12.5. The van der Waals surface area contributed by atoms with Crippen LogP contribution < -0.4 is 10.5 Å². The monoisotopic (exact) mass is 301 g/mol. The van der Waals surface area contributed by atoms with Gasteiger partial charge in [-0.25, -0.2) is 13.1 Å². The van der Waals surface area contributed by atoms with Crippen LogP contribution >= 0.6 is 0 Å². The molecule has 1 aromatic rings. The Kier molecular flexibility index (Phi) is 4.72. The summed E-state index contributed by atoms with van der Waals surface area (Å²) in [5.41, 5.74) is 4.05. The van der Waals surface area contributed by atoms with E-state index in [0.717, 1.165) is 6.42 Å². The van der Waals surface area contributed by atoms with Crippen molar-refractivity contribution in [1.29, 1.82) is 0 Å². The van der Waals surface area contributed by atoms with Crippen molar-refractivity contribution < 1.29 is 13.3 Å². The summed E-state index contributed by atoms with van der Waals surface area (Å²) in [7, 11) is -4.01. The summed E-state index contributed by atoms with van der Waals surface area (Å²) in [5.74, 6) is 0. The van der Waals surface area contributed by atoms with Crippen molar-refractivity contribution in [2.24, 2.45) is 0 Å². The maximum Gasteiger partial charge on any atom is 0.312 e. The molecule has 0 aliphatic carbocycles. The van der Waals surface area contributed by atoms with Crippen molar-refractivity contribution in [2.75, 3.05) is 5.73 Å². The molecule has 0 aromatic heterocycles. The number of nitrogens with zero attached hydrogens (tertiary/aromatic N) is 1. The van der Waals surface area contributed by atoms with E-state index in [4.69, 9.17) is 5.73 Å². The molecule has 0 fully saturated rings. The molecular formula is C12H19N3O4S. The highest BCUT2D eigenvalue weighted by molar-refractivity contribution is 7.89. The van der Waals surface area contributed by atoms with Crippen molar-refractivity contribution in [1.82, 2.24) is 4.72 Å². The smallest absolute Gasteiger partial charge is 0.312 e. The molecule has 0 amide bonds. The van der Waals surface area contributed by atoms with Crippen LogP contribution in [0.4, 0.5) is 11.4 Å². The first-order valence-corrected chi connectivity index (χ1v) is 7.66. The van der Waals surface area contributed by atoms with E-state index in [2.05, 4.69) is 4.72 Å². The molecule has 1 aromatic carbocycles. The number of anilines is 1. The van der Waals surface area contributed by atoms with Gasteiger partial charge in [0, 0.05) is 5.54 Å². The second-order valence-corrected chi connectivity index (χ2v) is 6.84. The average molecular weight is 301 g/mol. The summed E-state index contributed by atoms with van der Waals surface area (Å²) in [6, 6.07) is 3.86. The lowest BCUT2D eigenvalue weighted by molar-refractivity contribution is -0.386. The van der Waals surface area contributed by atoms with Gasteiger partial charge in [0.05, 0.1) is 4.92 Å². The standard InChI is InChI=1S/C12H19N3O4S/c1-4-8-12(2,3)14-20(18,19)10-7-5-6-9(13)11(10)15(16)17/h5-7,14H,4,8,13H2,1-3H3. The van der Waals surface area contributed by atoms with Gasteiger partial charge >= 0.3 is 5.69 Å². The minimum Gasteiger partial charge on any atom is -0.393 e. The molecule has 0 atom stereocenters. The SMILES string of the molecule is CCCC(C)(C)NS(=O)(=O)c1cccc(N)c1[N+](=O)[O-]. The molecule has 0 bridgehead atoms. The zero-order valence-electron chi connectivity index (χ0n) is 11.7. The molecule has 0 spiro atoms. The zero-order chi connectivity index (χ0) is 15.6. The number of nitrogen functional groups attached to an aromatic ring is 1. The van der Waals surface area contributed by atoms with Gasteiger partial charge in [-0.2, -0.15) is 0 Å². The second-order valence-electron chi connectivity index (χ2n) is 5.19. The third-order valence-electron chi connectivity index (χ3n) is 2.79. The number of nitrogens with two attached hydrogens (primary N) is 1. The highest BCUT2D eigenvalue weighted by Gasteiger charge is 2.32. The van der Waals surface area contributed by atoms with E-state index in [1.165, 1.54) is 18.2 Å². The summed E-state index contributed by atoms with van der Waals surface area (Å²) in [6.07, 6.45) is 1.40. The Morgan fingerprint density at radius 1 is 1.40 bits per heavy atom. The maximum atomic E-state index is 12.3. The number of hydrogen-bond acceptors (Lipinski definition) is 5. The summed E-state index contributed by atoms with van der Waals surface area (Å²) >= 11 is 0. The van der Waals surface area contributed by atoms with Crippen LogP contribution in [0, 0.1) is 10.1 Å². The van der Waals surface area contributed by atoms with Gasteiger partial charge in [-0.05, 0) is 32.4 Å². The summed E-state index contributed by atoms with van der Waals surface area (Å²) in [6.45, 7) is 5.39. The van der Waals surface area contributed by atoms with Crippen LogP contribution in [0.3, 0.4) is 0 Å². The van der Waals surface area contributed by atoms with Gasteiger partial charge in [0.15, 0.2) is 4.90 Å². The van der Waals surface area contributed by atoms with Gasteiger partial charge in [0.2, 0.25) is 10.0 Å². The Morgan fingerprint density at radius 2 is 2.00 bits per heavy atom. The van der Waals surface area contributed by atoms with Crippen LogP contribution in [0.2, 0.25) is 0 Å². The predicted octanol–water partition coefficient (Wildman–Crippen LogP) is 2.03. The largest absolute Gasteiger partial charge is 0.393 e. The van der Waals surface area contributed by atoms with Gasteiger partial charge in [0.1, 0.15) is 5.69 Å². The van der Waals surface area contributed by atoms with Gasteiger partial charge < -0.3 is 5.73 Å². The Hall–Kier alpha value is -1.67. The molecular weight excluding hydrogens is 282 g/mol. The number of nitrogens with one attached hydrogen (secondary N) is 1. The minimum atomic E-state index is -4.01. The van der Waals surface area contributed by atoms with Crippen molar-refractivity contribution in [3.8, 4) is 0 Å². The molecule has 112 valence electrons. The molecule has 0 heterocycles. The van der Waals surface area contributed by atoms with E-state index in [9.17, 15) is 18.5 Å². The Balaban J connectivity index is 3.30. The van der Waals surface area contributed by atoms with Crippen LogP contribution in [0.1, 0.15) is 33.6 Å². The van der Waals surface area contributed by atoms with Crippen LogP contribution in [0.25, 0.3) is 0 Å². The van der Waals surface area contributed by atoms with Gasteiger partial charge in [0.25, 0.3) is 0 Å². The van der Waals surface area contributed by atoms with Gasteiger partial charge in [-0.15, -0.1) is 0 Å². The molecule has 7 nitrogen and oxygen atoms in total. The van der Waals surface area contributed by atoms with E-state index in [-0.39, 0.29) is 5.69 Å². The average Bonchev–Trinajstić information content (AvgIpc) is 2.26. The van der Waals surface area contributed by atoms with Crippen molar-refractivity contribution in [3.05, 3.63) is 28.3 Å². The molecule has 0 saturated carbocycles. The molecule has 0 aliphatic heterocycles. The first-order valence-electron chi connectivity index (χ1n) is 6.17. The van der Waals surface area contributed by atoms with Gasteiger partial charge in [-0.3, -0.25) is 10.1 Å². The minimum absolute atomic E-state index is 0.175. The fraction of sp³-hybridized carbons (Fsp3) is 0.500. The highest BCUT2D eigenvalue weighted by Crippen LogP contribution is 2.30. The Labute approximate surface area is 118 Å². The maximum absolute atomic E-state index is 12.3. The molecule has 0 unspecified atom stereocenters. The van der Waals surface area contributed by atoms with E-state index < -0.39 is 31.1 Å². The number of nitro benzene ring substituents is 1. The van der Waals surface area contributed by atoms with E-state index in [1.54, 1.807) is 13.8 Å². The van der Waals surface area contributed by atoms with E-state index in [1.807, 2.05) is 6.92 Å². The normalized spacial score (nSPS) is 12.3. The van der Waals surface area contributed by atoms with Crippen molar-refractivity contribution >= 4 is 21.4 Å². The number of benzene rings is 1. The Morgan fingerprint density at radius 3 is 2.50 bits per heavy atom. The third-order valence-corrected chi connectivity index (χ3v) is 4.52. The van der Waals surface area contributed by atoms with E-state index >= 15 is 0 Å². The Bertz CT molecular complexity index is 611. The van der Waals surface area contributed by atoms with Crippen molar-refractivity contribution in [3.63, 3.8) is 0 Å². The summed E-state index contributed by atoms with van der Waals surface area (Å²) in [5, 5.41) is 11.0. The molecule has 3 N–H and O–H groups in total. The number of para-hydroxylation sites is 1. The van der Waals surface area contributed by atoms with Crippen molar-refractivity contribution in [2.45, 2.75) is 44.0 Å². The topological polar surface area (TPSA) is 115 Å². The fourth-order valence-corrected chi connectivity index (χ4v) is 3.69. The lowest BCUT2D eigenvalue weighted by Crippen LogP contribution is -2.43. The van der Waals surface area contributed by atoms with Crippen LogP contribution in [0.5, 0.6) is 0 Å². The van der Waals surface area contributed by atoms with Crippen LogP contribution in [0.15, 0.2) is 23.1 Å². The molecule has 0 radical (unpaired) electrons. The molecule has 1 rings (SSSR count). The summed E-state index contributed by atoms with van der Waals surface area (Å²) < 4.78 is 27.1. The molecule has 20 heavy (non-hydrogen) atoms. The highest BCUT2D eigenvalue weighted by atomic mass is 32.2. The lowest BCUT2D eigenvalue weighted by Gasteiger charge is -2.25. The first-order chi connectivity index (χ1) is 9.10. The molecule has 8 heteroatoms. The number of sulfonamides is 1.